The number of fused-ring (bicyclic) bond motifs is 14. The number of anilines is 5. The maximum atomic E-state index is 7.10. The van der Waals surface area contributed by atoms with Crippen LogP contribution >= 0.6 is 23.1 Å². The summed E-state index contributed by atoms with van der Waals surface area (Å²) in [5, 5.41) is 2.62. The second kappa shape index (κ2) is 15.8. The Morgan fingerprint density at radius 3 is 2.05 bits per heavy atom. The zero-order chi connectivity index (χ0) is 51.9. The van der Waals surface area contributed by atoms with E-state index in [0.717, 1.165) is 27.7 Å². The molecule has 15 rings (SSSR count). The van der Waals surface area contributed by atoms with Crippen LogP contribution < -0.4 is 25.4 Å². The van der Waals surface area contributed by atoms with Gasteiger partial charge in [0.15, 0.2) is 0 Å². The van der Waals surface area contributed by atoms with Gasteiger partial charge in [0, 0.05) is 70.7 Å². The van der Waals surface area contributed by atoms with Crippen LogP contribution in [0, 0.1) is 6.92 Å². The van der Waals surface area contributed by atoms with Crippen LogP contribution in [0.4, 0.5) is 28.4 Å². The molecule has 3 nitrogen and oxygen atoms in total. The van der Waals surface area contributed by atoms with Crippen molar-refractivity contribution in [3.63, 3.8) is 0 Å². The summed E-state index contributed by atoms with van der Waals surface area (Å²) in [4.78, 5) is 7.73. The Hall–Kier alpha value is -6.99. The Bertz CT molecular complexity index is 4170. The first kappa shape index (κ1) is 46.3. The Labute approximate surface area is 456 Å². The number of ether oxygens (including phenoxy) is 1. The summed E-state index contributed by atoms with van der Waals surface area (Å²) in [5.74, 6) is 1.81. The van der Waals surface area contributed by atoms with Gasteiger partial charge >= 0.3 is 6.85 Å². The highest BCUT2D eigenvalue weighted by Crippen LogP contribution is 2.60. The van der Waals surface area contributed by atoms with Gasteiger partial charge in [0.1, 0.15) is 11.5 Å². The van der Waals surface area contributed by atoms with Gasteiger partial charge in [-0.05, 0) is 164 Å². The minimum atomic E-state index is -0.242. The van der Waals surface area contributed by atoms with Crippen LogP contribution in [-0.4, -0.2) is 6.85 Å². The molecule has 0 atom stereocenters. The minimum absolute atomic E-state index is 0.0121. The molecule has 2 aliphatic carbocycles. The van der Waals surface area contributed by atoms with Crippen molar-refractivity contribution in [3.05, 3.63) is 197 Å². The zero-order valence-electron chi connectivity index (χ0n) is 45.2. The Morgan fingerprint density at radius 2 is 1.25 bits per heavy atom. The van der Waals surface area contributed by atoms with Crippen LogP contribution in [-0.2, 0) is 21.7 Å². The van der Waals surface area contributed by atoms with Crippen molar-refractivity contribution in [3.8, 4) is 44.9 Å². The first-order valence-electron chi connectivity index (χ1n) is 27.3. The number of aryl methyl sites for hydroxylation is 1. The van der Waals surface area contributed by atoms with E-state index in [0.29, 0.717) is 0 Å². The fourth-order valence-corrected chi connectivity index (χ4v) is 16.2. The van der Waals surface area contributed by atoms with Crippen molar-refractivity contribution < 1.29 is 4.74 Å². The minimum Gasteiger partial charge on any atom is -0.455 e. The molecule has 0 fully saturated rings. The largest absolute Gasteiger partial charge is 0.455 e. The topological polar surface area (TPSA) is 15.7 Å². The molecule has 4 heterocycles. The van der Waals surface area contributed by atoms with Crippen LogP contribution in [0.15, 0.2) is 174 Å². The average molecular weight is 1020 g/mol. The monoisotopic (exact) mass is 1020 g/mol. The van der Waals surface area contributed by atoms with E-state index in [9.17, 15) is 0 Å². The molecule has 3 aliphatic heterocycles. The molecule has 1 aromatic heterocycles. The van der Waals surface area contributed by atoms with Crippen LogP contribution in [0.5, 0.6) is 11.5 Å². The van der Waals surface area contributed by atoms with Gasteiger partial charge < -0.3 is 14.4 Å². The Morgan fingerprint density at radius 1 is 0.526 bits per heavy atom. The third kappa shape index (κ3) is 6.50. The lowest BCUT2D eigenvalue weighted by molar-refractivity contribution is 0.332. The summed E-state index contributed by atoms with van der Waals surface area (Å²) >= 11 is 3.78. The molecular formula is C70H61BN2OS2. The van der Waals surface area contributed by atoms with Gasteiger partial charge in [-0.3, -0.25) is 0 Å². The predicted octanol–water partition coefficient (Wildman–Crippen LogP) is 18.9. The average Bonchev–Trinajstić information content (AvgIpc) is 4.03. The van der Waals surface area contributed by atoms with Gasteiger partial charge in [-0.15, -0.1) is 11.3 Å². The fraction of sp³-hybridized carbons (Fsp3) is 0.229. The molecule has 0 N–H and O–H groups in total. The van der Waals surface area contributed by atoms with Crippen molar-refractivity contribution in [2.75, 3.05) is 9.71 Å². The number of thiophene rings is 1. The second-order valence-electron chi connectivity index (χ2n) is 25.2. The predicted molar refractivity (Wildman–Crippen MR) is 325 cm³/mol. The Balaban J connectivity index is 1.13. The maximum absolute atomic E-state index is 7.10. The smallest absolute Gasteiger partial charge is 0.333 e. The summed E-state index contributed by atoms with van der Waals surface area (Å²) in [6.07, 6.45) is 2.31. The summed E-state index contributed by atoms with van der Waals surface area (Å²) in [6, 6.07) is 63.1. The molecule has 0 saturated carbocycles. The number of rotatable bonds is 3. The van der Waals surface area contributed by atoms with E-state index in [1.165, 1.54) is 133 Å². The van der Waals surface area contributed by atoms with Gasteiger partial charge in [0.2, 0.25) is 0 Å². The number of benzene rings is 9. The maximum Gasteiger partial charge on any atom is 0.333 e. The van der Waals surface area contributed by atoms with E-state index < -0.39 is 0 Å². The van der Waals surface area contributed by atoms with E-state index in [2.05, 4.69) is 243 Å². The highest BCUT2D eigenvalue weighted by atomic mass is 32.2. The fourth-order valence-electron chi connectivity index (χ4n) is 14.0. The van der Waals surface area contributed by atoms with Crippen LogP contribution in [0.3, 0.4) is 0 Å². The zero-order valence-corrected chi connectivity index (χ0v) is 46.8. The molecule has 9 aromatic carbocycles. The van der Waals surface area contributed by atoms with Crippen molar-refractivity contribution in [1.82, 2.24) is 0 Å². The van der Waals surface area contributed by atoms with Gasteiger partial charge in [-0.2, -0.15) is 0 Å². The highest BCUT2D eigenvalue weighted by Gasteiger charge is 2.50. The molecule has 76 heavy (non-hydrogen) atoms. The van der Waals surface area contributed by atoms with E-state index in [-0.39, 0.29) is 28.5 Å². The first-order valence-corrected chi connectivity index (χ1v) is 28.9. The van der Waals surface area contributed by atoms with Crippen molar-refractivity contribution in [2.45, 2.75) is 114 Å². The second-order valence-corrected chi connectivity index (χ2v) is 27.3. The lowest BCUT2D eigenvalue weighted by Crippen LogP contribution is -2.61. The number of hydrogen-bond acceptors (Lipinski definition) is 5. The highest BCUT2D eigenvalue weighted by molar-refractivity contribution is 7.99. The third-order valence-electron chi connectivity index (χ3n) is 18.2. The summed E-state index contributed by atoms with van der Waals surface area (Å²) in [6.45, 7) is 23.8. The van der Waals surface area contributed by atoms with Crippen molar-refractivity contribution in [2.24, 2.45) is 0 Å². The van der Waals surface area contributed by atoms with E-state index in [1.54, 1.807) is 0 Å². The molecule has 0 bridgehead atoms. The van der Waals surface area contributed by atoms with Gasteiger partial charge in [0.25, 0.3) is 0 Å². The molecule has 0 saturated heterocycles. The van der Waals surface area contributed by atoms with E-state index in [1.807, 2.05) is 23.1 Å². The summed E-state index contributed by atoms with van der Waals surface area (Å²) in [7, 11) is 0. The SMILES string of the molecule is Cc1cc2c(cc1N1c3cc4c(cc3B3c5c1cc1c(sc6ccccc61)c5-c1cc5c(cc1N3c1ccc(C(C)(C)C)cc1-c1ccccc1)-c1ccccc1C5(C)C)Oc1ccccc1S4)C(C)(C)CCC2(C)C. The van der Waals surface area contributed by atoms with Crippen molar-refractivity contribution >= 4 is 89.5 Å². The van der Waals surface area contributed by atoms with E-state index >= 15 is 0 Å². The summed E-state index contributed by atoms with van der Waals surface area (Å²) < 4.78 is 9.75. The molecule has 0 spiro atoms. The van der Waals surface area contributed by atoms with E-state index in [4.69, 9.17) is 4.74 Å². The molecule has 372 valence electrons. The normalized spacial score (nSPS) is 16.7. The lowest BCUT2D eigenvalue weighted by Gasteiger charge is -2.48. The number of nitrogens with zero attached hydrogens (tertiary/aromatic N) is 2. The molecule has 10 aromatic rings. The standard InChI is InChI=1S/C70H61BN2OS2/c1-40-32-51-52(69(7,8)31-30-68(51,5)6)37-55(40)72-57-39-63-60(74-59-25-17-19-27-62(59)75-63)38-53(57)71-65-58(72)36-47-44-23-15-18-26-61(44)76-66(47)64(65)48-34-50-46(43-22-14-16-24-49(43)70(50,9)10)35-56(48)73(71)54-29-28-42(67(2,3)4)33-45(54)41-20-12-11-13-21-41/h11-29,32-39H,30-31H2,1-10H3. The van der Waals surface area contributed by atoms with Crippen LogP contribution in [0.25, 0.3) is 53.6 Å². The van der Waals surface area contributed by atoms with Gasteiger partial charge in [-0.25, -0.2) is 0 Å². The number of para-hydroxylation sites is 1. The van der Waals surface area contributed by atoms with Crippen LogP contribution in [0.2, 0.25) is 0 Å². The van der Waals surface area contributed by atoms with Crippen LogP contribution in [0.1, 0.15) is 109 Å². The third-order valence-corrected chi connectivity index (χ3v) is 20.5. The number of hydrogen-bond donors (Lipinski definition) is 0. The quantitative estimate of drug-likeness (QED) is 0.164. The molecule has 5 aliphatic rings. The van der Waals surface area contributed by atoms with Crippen molar-refractivity contribution in [1.29, 1.82) is 0 Å². The lowest BCUT2D eigenvalue weighted by atomic mass is 9.43. The molecule has 0 unspecified atom stereocenters. The Kier molecular flexibility index (Phi) is 9.63. The summed E-state index contributed by atoms with van der Waals surface area (Å²) in [5.41, 5.74) is 24.5. The molecule has 6 heteroatoms. The first-order chi connectivity index (χ1) is 36.5. The van der Waals surface area contributed by atoms with Gasteiger partial charge in [-0.1, -0.05) is 171 Å². The molecular weight excluding hydrogens is 960 g/mol. The molecule has 0 amide bonds. The molecule has 0 radical (unpaired) electrons. The van der Waals surface area contributed by atoms with Gasteiger partial charge in [0.05, 0.1) is 9.79 Å².